The van der Waals surface area contributed by atoms with E-state index in [0.29, 0.717) is 27.7 Å². The summed E-state index contributed by atoms with van der Waals surface area (Å²) >= 11 is 6.11. The number of aromatic nitrogens is 4. The fourth-order valence-corrected chi connectivity index (χ4v) is 2.37. The smallest absolute Gasteiger partial charge is 0.206 e. The largest absolute Gasteiger partial charge is 0.496 e. The third-order valence-electron chi connectivity index (χ3n) is 3.26. The van der Waals surface area contributed by atoms with Crippen LogP contribution in [-0.4, -0.2) is 33.1 Å². The minimum Gasteiger partial charge on any atom is -0.496 e. The number of carbonyl (C=O) groups is 1. The third kappa shape index (κ3) is 3.22. The maximum Gasteiger partial charge on any atom is 0.206 e. The highest BCUT2D eigenvalue weighted by atomic mass is 35.5. The summed E-state index contributed by atoms with van der Waals surface area (Å²) in [4.78, 5) is 13.6. The van der Waals surface area contributed by atoms with Gasteiger partial charge in [-0.3, -0.25) is 4.79 Å². The number of rotatable bonds is 5. The van der Waals surface area contributed by atoms with Gasteiger partial charge in [-0.1, -0.05) is 35.9 Å². The van der Waals surface area contributed by atoms with Crippen LogP contribution in [0.2, 0.25) is 5.02 Å². The van der Waals surface area contributed by atoms with Gasteiger partial charge >= 0.3 is 0 Å². The molecule has 3 aromatic rings. The van der Waals surface area contributed by atoms with Gasteiger partial charge in [-0.05, 0) is 29.5 Å². The van der Waals surface area contributed by atoms with Gasteiger partial charge in [0.25, 0.3) is 0 Å². The first-order chi connectivity index (χ1) is 11.2. The minimum atomic E-state index is -0.162. The van der Waals surface area contributed by atoms with Crippen molar-refractivity contribution in [2.24, 2.45) is 0 Å². The van der Waals surface area contributed by atoms with Crippen molar-refractivity contribution in [3.05, 3.63) is 59.1 Å². The Morgan fingerprint density at radius 2 is 1.91 bits per heavy atom. The molecule has 0 saturated heterocycles. The molecule has 0 aliphatic rings. The van der Waals surface area contributed by atoms with Gasteiger partial charge in [0.05, 0.1) is 17.7 Å². The Kier molecular flexibility index (Phi) is 4.34. The molecular formula is C16H13ClN4O2. The second kappa shape index (κ2) is 6.58. The summed E-state index contributed by atoms with van der Waals surface area (Å²) in [7, 11) is 1.52. The molecule has 0 N–H and O–H groups in total. The first-order valence-corrected chi connectivity index (χ1v) is 7.26. The van der Waals surface area contributed by atoms with Crippen LogP contribution in [0.5, 0.6) is 5.75 Å². The Bertz CT molecular complexity index is 847. The number of ketones is 1. The second-order valence-corrected chi connectivity index (χ2v) is 5.15. The van der Waals surface area contributed by atoms with Crippen molar-refractivity contribution < 1.29 is 9.53 Å². The van der Waals surface area contributed by atoms with E-state index in [1.807, 2.05) is 12.1 Å². The molecule has 7 heteroatoms. The first-order valence-electron chi connectivity index (χ1n) is 6.88. The Labute approximate surface area is 137 Å². The number of halogens is 1. The molecule has 0 radical (unpaired) electrons. The summed E-state index contributed by atoms with van der Waals surface area (Å²) in [6, 6.07) is 14.2. The zero-order valence-corrected chi connectivity index (χ0v) is 13.1. The molecule has 0 fully saturated rings. The minimum absolute atomic E-state index is 0.0299. The molecular weight excluding hydrogens is 316 g/mol. The number of methoxy groups -OCH3 is 1. The number of tetrazole rings is 1. The van der Waals surface area contributed by atoms with E-state index in [4.69, 9.17) is 16.3 Å². The number of Topliss-reactive ketones (excluding diaryl/α,β-unsaturated/α-hetero) is 1. The average Bonchev–Trinajstić information content (AvgIpc) is 3.03. The van der Waals surface area contributed by atoms with Crippen LogP contribution in [0.3, 0.4) is 0 Å². The van der Waals surface area contributed by atoms with Crippen LogP contribution in [-0.2, 0) is 6.54 Å². The normalized spacial score (nSPS) is 10.5. The maximum absolute atomic E-state index is 12.4. The Balaban J connectivity index is 1.82. The summed E-state index contributed by atoms with van der Waals surface area (Å²) in [5.41, 5.74) is 1.15. The fourth-order valence-electron chi connectivity index (χ4n) is 2.15. The SMILES string of the molecule is COc1ccccc1C(=O)Cn1nnc(-c2ccccc2Cl)n1. The third-order valence-corrected chi connectivity index (χ3v) is 3.59. The monoisotopic (exact) mass is 328 g/mol. The first kappa shape index (κ1) is 15.2. The number of benzene rings is 2. The van der Waals surface area contributed by atoms with E-state index in [1.165, 1.54) is 11.9 Å². The van der Waals surface area contributed by atoms with E-state index >= 15 is 0 Å². The summed E-state index contributed by atoms with van der Waals surface area (Å²) in [6.45, 7) is -0.0299. The van der Waals surface area contributed by atoms with E-state index < -0.39 is 0 Å². The number of ether oxygens (including phenoxy) is 1. The lowest BCUT2D eigenvalue weighted by Crippen LogP contribution is -2.14. The molecule has 2 aromatic carbocycles. The fraction of sp³-hybridized carbons (Fsp3) is 0.125. The molecule has 1 heterocycles. The molecule has 23 heavy (non-hydrogen) atoms. The predicted molar refractivity (Wildman–Crippen MR) is 85.6 cm³/mol. The van der Waals surface area contributed by atoms with E-state index in [2.05, 4.69) is 15.4 Å². The standard InChI is InChI=1S/C16H13ClN4O2/c1-23-15-9-5-3-7-12(15)14(22)10-21-19-16(18-20-21)11-6-2-4-8-13(11)17/h2-9H,10H2,1H3. The molecule has 3 rings (SSSR count). The molecule has 0 bridgehead atoms. The number of para-hydroxylation sites is 1. The summed E-state index contributed by atoms with van der Waals surface area (Å²) in [5, 5.41) is 12.6. The van der Waals surface area contributed by atoms with E-state index in [1.54, 1.807) is 36.4 Å². The summed E-state index contributed by atoms with van der Waals surface area (Å²) < 4.78 is 5.19. The zero-order chi connectivity index (χ0) is 16.2. The van der Waals surface area contributed by atoms with E-state index in [9.17, 15) is 4.79 Å². The van der Waals surface area contributed by atoms with Crippen LogP contribution in [0.25, 0.3) is 11.4 Å². The Morgan fingerprint density at radius 3 is 2.70 bits per heavy atom. The highest BCUT2D eigenvalue weighted by Gasteiger charge is 2.15. The van der Waals surface area contributed by atoms with Crippen molar-refractivity contribution in [2.45, 2.75) is 6.54 Å². The molecule has 116 valence electrons. The summed E-state index contributed by atoms with van der Waals surface area (Å²) in [5.74, 6) is 0.734. The van der Waals surface area contributed by atoms with Crippen LogP contribution in [0.15, 0.2) is 48.5 Å². The lowest BCUT2D eigenvalue weighted by molar-refractivity contribution is 0.0958. The van der Waals surface area contributed by atoms with Crippen LogP contribution in [0, 0.1) is 0 Å². The molecule has 0 aliphatic carbocycles. The van der Waals surface area contributed by atoms with Crippen LogP contribution in [0.1, 0.15) is 10.4 Å². The van der Waals surface area contributed by atoms with E-state index in [-0.39, 0.29) is 12.3 Å². The van der Waals surface area contributed by atoms with Gasteiger partial charge in [0, 0.05) is 5.56 Å². The van der Waals surface area contributed by atoms with Crippen molar-refractivity contribution in [1.82, 2.24) is 20.2 Å². The zero-order valence-electron chi connectivity index (χ0n) is 12.3. The molecule has 0 unspecified atom stereocenters. The lowest BCUT2D eigenvalue weighted by atomic mass is 10.1. The lowest BCUT2D eigenvalue weighted by Gasteiger charge is -2.06. The van der Waals surface area contributed by atoms with Gasteiger partial charge in [-0.25, -0.2) is 0 Å². The summed E-state index contributed by atoms with van der Waals surface area (Å²) in [6.07, 6.45) is 0. The van der Waals surface area contributed by atoms with Gasteiger partial charge in [-0.15, -0.1) is 10.2 Å². The molecule has 0 spiro atoms. The Hall–Kier alpha value is -2.73. The topological polar surface area (TPSA) is 69.9 Å². The molecule has 0 amide bonds. The number of nitrogens with zero attached hydrogens (tertiary/aromatic N) is 4. The molecule has 0 atom stereocenters. The van der Waals surface area contributed by atoms with Crippen LogP contribution in [0.4, 0.5) is 0 Å². The number of carbonyl (C=O) groups excluding carboxylic acids is 1. The highest BCUT2D eigenvalue weighted by molar-refractivity contribution is 6.33. The van der Waals surface area contributed by atoms with E-state index in [0.717, 1.165) is 0 Å². The van der Waals surface area contributed by atoms with Gasteiger partial charge in [0.15, 0.2) is 5.78 Å². The molecule has 0 saturated carbocycles. The van der Waals surface area contributed by atoms with Crippen molar-refractivity contribution in [2.75, 3.05) is 7.11 Å². The van der Waals surface area contributed by atoms with Crippen molar-refractivity contribution in [3.63, 3.8) is 0 Å². The van der Waals surface area contributed by atoms with Crippen molar-refractivity contribution in [3.8, 4) is 17.1 Å². The van der Waals surface area contributed by atoms with Crippen LogP contribution < -0.4 is 4.74 Å². The number of hydrogen-bond acceptors (Lipinski definition) is 5. The maximum atomic E-state index is 12.4. The van der Waals surface area contributed by atoms with Gasteiger partial charge in [0.2, 0.25) is 5.82 Å². The average molecular weight is 329 g/mol. The van der Waals surface area contributed by atoms with Gasteiger partial charge in [-0.2, -0.15) is 4.80 Å². The number of hydrogen-bond donors (Lipinski definition) is 0. The van der Waals surface area contributed by atoms with Gasteiger partial charge < -0.3 is 4.74 Å². The van der Waals surface area contributed by atoms with Crippen molar-refractivity contribution >= 4 is 17.4 Å². The molecule has 1 aromatic heterocycles. The van der Waals surface area contributed by atoms with Gasteiger partial charge in [0.1, 0.15) is 12.3 Å². The predicted octanol–water partition coefficient (Wildman–Crippen LogP) is 2.89. The molecule has 6 nitrogen and oxygen atoms in total. The Morgan fingerprint density at radius 1 is 1.17 bits per heavy atom. The molecule has 0 aliphatic heterocycles. The highest BCUT2D eigenvalue weighted by Crippen LogP contribution is 2.24. The van der Waals surface area contributed by atoms with Crippen LogP contribution >= 0.6 is 11.6 Å². The second-order valence-electron chi connectivity index (χ2n) is 4.75. The van der Waals surface area contributed by atoms with Crippen molar-refractivity contribution in [1.29, 1.82) is 0 Å². The quantitative estimate of drug-likeness (QED) is 0.673.